The monoisotopic (exact) mass is 215 g/mol. The summed E-state index contributed by atoms with van der Waals surface area (Å²) in [6.07, 6.45) is -0.446. The Morgan fingerprint density at radius 1 is 1.29 bits per heavy atom. The first-order valence-electron chi connectivity index (χ1n) is 4.03. The molecule has 0 heterocycles. The van der Waals surface area contributed by atoms with E-state index in [-0.39, 0.29) is 12.1 Å². The first-order valence-corrected chi connectivity index (χ1v) is 4.41. The van der Waals surface area contributed by atoms with Crippen LogP contribution in [0.5, 0.6) is 0 Å². The fourth-order valence-corrected chi connectivity index (χ4v) is 1.16. The number of hydrogen-bond acceptors (Lipinski definition) is 0. The van der Waals surface area contributed by atoms with Crippen LogP contribution in [0.2, 0.25) is 5.02 Å². The van der Waals surface area contributed by atoms with Gasteiger partial charge >= 0.3 is 0 Å². The van der Waals surface area contributed by atoms with Crippen molar-refractivity contribution in [2.24, 2.45) is 0 Å². The van der Waals surface area contributed by atoms with Gasteiger partial charge in [-0.2, -0.15) is 0 Å². The molecular formula is C10H8ClF2N. The van der Waals surface area contributed by atoms with Crippen molar-refractivity contribution in [3.8, 4) is 0 Å². The van der Waals surface area contributed by atoms with Crippen molar-refractivity contribution >= 4 is 11.6 Å². The topological polar surface area (TPSA) is 4.36 Å². The molecule has 0 saturated carbocycles. The van der Waals surface area contributed by atoms with Gasteiger partial charge in [0.1, 0.15) is 0 Å². The maximum absolute atomic E-state index is 13.3. The fourth-order valence-electron chi connectivity index (χ4n) is 1.03. The largest absolute Gasteiger partial charge is 0.317 e. The summed E-state index contributed by atoms with van der Waals surface area (Å²) < 4.78 is 26.6. The standard InChI is InChI=1S/C10H8ClF2N/c1-14-7-6-10(12,13)8-2-4-9(11)5-3-8/h2-5H,6-7H2. The zero-order chi connectivity index (χ0) is 10.6. The van der Waals surface area contributed by atoms with Crippen LogP contribution < -0.4 is 0 Å². The Labute approximate surface area is 86.1 Å². The molecule has 0 amide bonds. The lowest BCUT2D eigenvalue weighted by Gasteiger charge is -2.13. The average Bonchev–Trinajstić information content (AvgIpc) is 2.16. The minimum absolute atomic E-state index is 0.0921. The summed E-state index contributed by atoms with van der Waals surface area (Å²) in [5.41, 5.74) is -0.0921. The molecule has 0 unspecified atom stereocenters. The predicted octanol–water partition coefficient (Wildman–Crippen LogP) is 3.74. The molecule has 0 N–H and O–H groups in total. The zero-order valence-corrected chi connectivity index (χ0v) is 8.06. The van der Waals surface area contributed by atoms with Crippen molar-refractivity contribution in [3.63, 3.8) is 0 Å². The van der Waals surface area contributed by atoms with E-state index in [0.717, 1.165) is 0 Å². The number of hydrogen-bond donors (Lipinski definition) is 0. The van der Waals surface area contributed by atoms with Gasteiger partial charge in [-0.05, 0) is 12.1 Å². The molecule has 1 rings (SSSR count). The summed E-state index contributed by atoms with van der Waals surface area (Å²) >= 11 is 5.57. The molecule has 14 heavy (non-hydrogen) atoms. The fraction of sp³-hybridized carbons (Fsp3) is 0.300. The van der Waals surface area contributed by atoms with Gasteiger partial charge in [0.25, 0.3) is 5.92 Å². The molecule has 0 bridgehead atoms. The van der Waals surface area contributed by atoms with Gasteiger partial charge in [-0.3, -0.25) is 0 Å². The van der Waals surface area contributed by atoms with Crippen LogP contribution in [0, 0.1) is 6.57 Å². The molecular weight excluding hydrogens is 208 g/mol. The number of alkyl halides is 2. The number of nitrogens with zero attached hydrogens (tertiary/aromatic N) is 1. The van der Waals surface area contributed by atoms with E-state index in [9.17, 15) is 8.78 Å². The van der Waals surface area contributed by atoms with Gasteiger partial charge in [-0.1, -0.05) is 23.7 Å². The lowest BCUT2D eigenvalue weighted by atomic mass is 10.1. The van der Waals surface area contributed by atoms with Gasteiger partial charge in [0.15, 0.2) is 0 Å². The van der Waals surface area contributed by atoms with E-state index in [0.29, 0.717) is 5.02 Å². The Kier molecular flexibility index (Phi) is 3.43. The Morgan fingerprint density at radius 3 is 2.36 bits per heavy atom. The first-order chi connectivity index (χ1) is 6.56. The van der Waals surface area contributed by atoms with Crippen LogP contribution in [-0.4, -0.2) is 6.54 Å². The van der Waals surface area contributed by atoms with Crippen LogP contribution in [0.25, 0.3) is 4.85 Å². The third-order valence-corrected chi connectivity index (χ3v) is 2.06. The Hall–Kier alpha value is -1.14. The molecule has 1 aromatic rings. The molecule has 4 heteroatoms. The van der Waals surface area contributed by atoms with Crippen LogP contribution in [0.1, 0.15) is 12.0 Å². The van der Waals surface area contributed by atoms with Crippen molar-refractivity contribution < 1.29 is 8.78 Å². The zero-order valence-electron chi connectivity index (χ0n) is 7.30. The van der Waals surface area contributed by atoms with Gasteiger partial charge in [0, 0.05) is 10.6 Å². The van der Waals surface area contributed by atoms with E-state index in [4.69, 9.17) is 18.2 Å². The molecule has 1 nitrogen and oxygen atoms in total. The molecule has 0 aromatic heterocycles. The predicted molar refractivity (Wildman–Crippen MR) is 51.4 cm³/mol. The molecule has 0 aliphatic heterocycles. The highest BCUT2D eigenvalue weighted by molar-refractivity contribution is 6.30. The van der Waals surface area contributed by atoms with E-state index in [1.54, 1.807) is 0 Å². The third-order valence-electron chi connectivity index (χ3n) is 1.80. The smallest absolute Gasteiger partial charge is 0.280 e. The molecule has 1 aromatic carbocycles. The summed E-state index contributed by atoms with van der Waals surface area (Å²) in [5.74, 6) is -2.94. The first kappa shape index (κ1) is 10.9. The van der Waals surface area contributed by atoms with E-state index >= 15 is 0 Å². The quantitative estimate of drug-likeness (QED) is 0.677. The van der Waals surface area contributed by atoms with Crippen molar-refractivity contribution in [1.82, 2.24) is 0 Å². The van der Waals surface area contributed by atoms with Crippen molar-refractivity contribution in [2.45, 2.75) is 12.3 Å². The summed E-state index contributed by atoms with van der Waals surface area (Å²) in [6.45, 7) is 6.28. The Bertz CT molecular complexity index is 340. The second-order valence-corrected chi connectivity index (χ2v) is 3.28. The molecule has 0 saturated heterocycles. The second kappa shape index (κ2) is 4.39. The molecule has 74 valence electrons. The number of rotatable bonds is 3. The highest BCUT2D eigenvalue weighted by Gasteiger charge is 2.32. The minimum atomic E-state index is -2.94. The summed E-state index contributed by atoms with van der Waals surface area (Å²) in [5, 5.41) is 0.426. The third kappa shape index (κ3) is 2.68. The van der Waals surface area contributed by atoms with E-state index < -0.39 is 12.3 Å². The Morgan fingerprint density at radius 2 is 1.86 bits per heavy atom. The van der Waals surface area contributed by atoms with Crippen LogP contribution in [0.3, 0.4) is 0 Å². The maximum Gasteiger partial charge on any atom is 0.280 e. The number of halogens is 3. The molecule has 0 fully saturated rings. The van der Waals surface area contributed by atoms with Crippen LogP contribution in [0.4, 0.5) is 8.78 Å². The summed E-state index contributed by atoms with van der Waals surface area (Å²) in [6, 6.07) is 5.41. The van der Waals surface area contributed by atoms with Crippen molar-refractivity contribution in [3.05, 3.63) is 46.3 Å². The molecule has 0 spiro atoms. The van der Waals surface area contributed by atoms with Gasteiger partial charge < -0.3 is 4.85 Å². The Balaban J connectivity index is 2.82. The van der Waals surface area contributed by atoms with Crippen LogP contribution in [-0.2, 0) is 5.92 Å². The molecule has 0 radical (unpaired) electrons. The SMILES string of the molecule is [C-]#[N+]CCC(F)(F)c1ccc(Cl)cc1. The summed E-state index contributed by atoms with van der Waals surface area (Å²) in [4.78, 5) is 2.91. The van der Waals surface area contributed by atoms with Gasteiger partial charge in [-0.25, -0.2) is 15.4 Å². The molecule has 0 aliphatic carbocycles. The van der Waals surface area contributed by atoms with E-state index in [1.807, 2.05) is 0 Å². The van der Waals surface area contributed by atoms with E-state index in [1.165, 1.54) is 24.3 Å². The van der Waals surface area contributed by atoms with Crippen molar-refractivity contribution in [1.29, 1.82) is 0 Å². The van der Waals surface area contributed by atoms with E-state index in [2.05, 4.69) is 4.85 Å². The van der Waals surface area contributed by atoms with Gasteiger partial charge in [0.05, 0.1) is 6.42 Å². The van der Waals surface area contributed by atoms with Crippen LogP contribution >= 0.6 is 11.6 Å². The molecule has 0 atom stereocenters. The van der Waals surface area contributed by atoms with Gasteiger partial charge in [0.2, 0.25) is 6.54 Å². The lowest BCUT2D eigenvalue weighted by Crippen LogP contribution is -2.14. The summed E-state index contributed by atoms with van der Waals surface area (Å²) in [7, 11) is 0. The normalized spacial score (nSPS) is 11.0. The average molecular weight is 216 g/mol. The van der Waals surface area contributed by atoms with Crippen LogP contribution in [0.15, 0.2) is 24.3 Å². The second-order valence-electron chi connectivity index (χ2n) is 2.84. The van der Waals surface area contributed by atoms with Gasteiger partial charge in [-0.15, -0.1) is 0 Å². The molecule has 0 aliphatic rings. The minimum Gasteiger partial charge on any atom is -0.317 e. The lowest BCUT2D eigenvalue weighted by molar-refractivity contribution is -0.00891. The highest BCUT2D eigenvalue weighted by atomic mass is 35.5. The van der Waals surface area contributed by atoms with Crippen molar-refractivity contribution in [2.75, 3.05) is 6.54 Å². The maximum atomic E-state index is 13.3. The highest BCUT2D eigenvalue weighted by Crippen LogP contribution is 2.32. The number of benzene rings is 1.